The Hall–Kier alpha value is -1.50. The van der Waals surface area contributed by atoms with Gasteiger partial charge in [-0.2, -0.15) is 9.80 Å². The van der Waals surface area contributed by atoms with E-state index in [1.165, 1.54) is 0 Å². The Balaban J connectivity index is 5.89. The number of halogens is 12. The number of hydrogen-bond acceptors (Lipinski definition) is 2. The number of nitrogens with zero attached hydrogens (tertiary/aromatic N) is 2. The summed E-state index contributed by atoms with van der Waals surface area (Å²) in [5.41, 5.74) is 0. The van der Waals surface area contributed by atoms with Gasteiger partial charge in [-0.05, 0) is 0 Å². The normalized spacial score (nSPS) is 14.2. The Morgan fingerprint density at radius 3 is 0.750 bits per heavy atom. The highest BCUT2D eigenvalue weighted by Crippen LogP contribution is 2.44. The van der Waals surface area contributed by atoms with Gasteiger partial charge in [0.15, 0.2) is 0 Å². The molecule has 0 atom stereocenters. The van der Waals surface area contributed by atoms with Crippen molar-refractivity contribution in [3.05, 3.63) is 12.4 Å². The highest BCUT2D eigenvalue weighted by Gasteiger charge is 2.63. The largest absolute Gasteiger partial charge is 0.492 e. The van der Waals surface area contributed by atoms with Crippen LogP contribution in [-0.4, -0.2) is 35.0 Å². The van der Waals surface area contributed by atoms with Gasteiger partial charge in [0.1, 0.15) is 5.82 Å². The summed E-state index contributed by atoms with van der Waals surface area (Å²) in [5.74, 6) is -3.40. The van der Waals surface area contributed by atoms with E-state index in [4.69, 9.17) is 0 Å². The summed E-state index contributed by atoms with van der Waals surface area (Å²) < 4.78 is 144. The fourth-order valence-electron chi connectivity index (χ4n) is 0.973. The van der Waals surface area contributed by atoms with Crippen molar-refractivity contribution in [2.24, 2.45) is 0 Å². The summed E-state index contributed by atoms with van der Waals surface area (Å²) in [5, 5.41) is 0. The lowest BCUT2D eigenvalue weighted by Crippen LogP contribution is -2.57. The van der Waals surface area contributed by atoms with Crippen molar-refractivity contribution >= 4 is 0 Å². The first-order chi connectivity index (χ1) is 8.40. The van der Waals surface area contributed by atoms with Gasteiger partial charge in [0.25, 0.3) is 0 Å². The van der Waals surface area contributed by atoms with Crippen molar-refractivity contribution in [3.8, 4) is 0 Å². The Morgan fingerprint density at radius 1 is 0.500 bits per heavy atom. The molecule has 0 spiro atoms. The van der Waals surface area contributed by atoms with Crippen LogP contribution in [0.15, 0.2) is 12.4 Å². The number of alkyl halides is 12. The summed E-state index contributed by atoms with van der Waals surface area (Å²) in [4.78, 5) is -6.00. The van der Waals surface area contributed by atoms with Crippen LogP contribution in [0.3, 0.4) is 0 Å². The molecule has 0 aromatic rings. The first-order valence-electron chi connectivity index (χ1n) is 3.96. The van der Waals surface area contributed by atoms with E-state index in [1.807, 2.05) is 0 Å². The molecule has 14 heteroatoms. The molecule has 0 radical (unpaired) electrons. The van der Waals surface area contributed by atoms with Gasteiger partial charge in [0.2, 0.25) is 0 Å². The predicted octanol–water partition coefficient (Wildman–Crippen LogP) is 4.14. The van der Waals surface area contributed by atoms with E-state index in [1.54, 1.807) is 6.58 Å². The van der Waals surface area contributed by atoms with Gasteiger partial charge < -0.3 is 0 Å². The van der Waals surface area contributed by atoms with Gasteiger partial charge in [-0.1, -0.05) is 6.58 Å². The third kappa shape index (κ3) is 4.26. The number of rotatable bonds is 2. The van der Waals surface area contributed by atoms with Gasteiger partial charge in [0, 0.05) is 0 Å². The molecule has 0 heterocycles. The topological polar surface area (TPSA) is 6.48 Å². The molecule has 0 aromatic carbocycles. The zero-order chi connectivity index (χ0) is 16.7. The summed E-state index contributed by atoms with van der Waals surface area (Å²) in [6.45, 7) is 1.59. The second-order valence-corrected chi connectivity index (χ2v) is 2.96. The summed E-state index contributed by atoms with van der Waals surface area (Å²) in [7, 11) is 0. The van der Waals surface area contributed by atoms with E-state index in [0.717, 1.165) is 0 Å². The van der Waals surface area contributed by atoms with Crippen LogP contribution in [0.4, 0.5) is 52.7 Å². The van der Waals surface area contributed by atoms with Crippen LogP contribution in [0, 0.1) is 0 Å². The van der Waals surface area contributed by atoms with E-state index < -0.39 is 40.8 Å². The first kappa shape index (κ1) is 18.5. The Labute approximate surface area is 101 Å². The van der Waals surface area contributed by atoms with E-state index >= 15 is 0 Å². The van der Waals surface area contributed by atoms with Crippen LogP contribution in [0.2, 0.25) is 0 Å². The van der Waals surface area contributed by atoms with Crippen LogP contribution in [0.25, 0.3) is 0 Å². The van der Waals surface area contributed by atoms with E-state index in [9.17, 15) is 52.7 Å². The third-order valence-electron chi connectivity index (χ3n) is 1.53. The highest BCUT2D eigenvalue weighted by atomic mass is 19.4. The quantitative estimate of drug-likeness (QED) is 0.555. The van der Waals surface area contributed by atoms with Gasteiger partial charge in [-0.3, -0.25) is 0 Å². The fourth-order valence-corrected chi connectivity index (χ4v) is 0.973. The lowest BCUT2D eigenvalue weighted by atomic mass is 10.5. The minimum Gasteiger partial charge on any atom is -0.178 e. The second-order valence-electron chi connectivity index (χ2n) is 2.96. The van der Waals surface area contributed by atoms with Gasteiger partial charge >= 0.3 is 25.2 Å². The molecule has 2 nitrogen and oxygen atoms in total. The standard InChI is InChI=1S/C6H2F12N2/c1-2(19(3(7,8)9)4(10,11)12)20(5(13,14)15)6(16,17)18/h1H2. The van der Waals surface area contributed by atoms with Crippen molar-refractivity contribution in [1.82, 2.24) is 9.80 Å². The maximum atomic E-state index is 12.0. The number of hydrogen-bond donors (Lipinski definition) is 0. The monoisotopic (exact) mass is 330 g/mol. The van der Waals surface area contributed by atoms with Crippen LogP contribution in [-0.2, 0) is 0 Å². The van der Waals surface area contributed by atoms with Crippen molar-refractivity contribution in [3.63, 3.8) is 0 Å². The zero-order valence-corrected chi connectivity index (χ0v) is 8.64. The predicted molar refractivity (Wildman–Crippen MR) is 37.0 cm³/mol. The summed E-state index contributed by atoms with van der Waals surface area (Å²) in [6, 6.07) is 0. The zero-order valence-electron chi connectivity index (χ0n) is 8.64. The molecule has 0 unspecified atom stereocenters. The SMILES string of the molecule is C=C(N(C(F)(F)F)C(F)(F)F)N(C(F)(F)F)C(F)(F)F. The second kappa shape index (κ2) is 4.80. The van der Waals surface area contributed by atoms with E-state index in [-0.39, 0.29) is 0 Å². The maximum Gasteiger partial charge on any atom is 0.492 e. The van der Waals surface area contributed by atoms with Crippen LogP contribution in [0.5, 0.6) is 0 Å². The Morgan fingerprint density at radius 2 is 0.650 bits per heavy atom. The average molecular weight is 330 g/mol. The fraction of sp³-hybridized carbons (Fsp3) is 0.667. The smallest absolute Gasteiger partial charge is 0.178 e. The molecular formula is C6H2F12N2. The molecule has 0 aliphatic heterocycles. The van der Waals surface area contributed by atoms with E-state index in [0.29, 0.717) is 0 Å². The molecule has 0 aliphatic carbocycles. The average Bonchev–Trinajstić information content (AvgIpc) is 1.88. The van der Waals surface area contributed by atoms with Gasteiger partial charge in [-0.25, -0.2) is 0 Å². The van der Waals surface area contributed by atoms with Crippen molar-refractivity contribution < 1.29 is 52.7 Å². The minimum absolute atomic E-state index is 1.59. The lowest BCUT2D eigenvalue weighted by molar-refractivity contribution is -0.405. The van der Waals surface area contributed by atoms with Crippen LogP contribution < -0.4 is 0 Å². The third-order valence-corrected chi connectivity index (χ3v) is 1.53. The molecule has 0 saturated heterocycles. The lowest BCUT2D eigenvalue weighted by Gasteiger charge is -2.37. The van der Waals surface area contributed by atoms with Crippen molar-refractivity contribution in [2.45, 2.75) is 25.2 Å². The molecule has 0 fully saturated rings. The molecule has 0 aromatic heterocycles. The molecule has 0 N–H and O–H groups in total. The molecule has 0 amide bonds. The molecule has 0 aliphatic rings. The Kier molecular flexibility index (Phi) is 4.44. The van der Waals surface area contributed by atoms with Gasteiger partial charge in [-0.15, -0.1) is 52.7 Å². The first-order valence-corrected chi connectivity index (χ1v) is 3.96. The Bertz CT molecular complexity index is 294. The van der Waals surface area contributed by atoms with Crippen molar-refractivity contribution in [2.75, 3.05) is 0 Å². The molecule has 0 bridgehead atoms. The van der Waals surface area contributed by atoms with Crippen molar-refractivity contribution in [1.29, 1.82) is 0 Å². The molecule has 0 rings (SSSR count). The van der Waals surface area contributed by atoms with Gasteiger partial charge in [0.05, 0.1) is 0 Å². The van der Waals surface area contributed by atoms with Crippen LogP contribution >= 0.6 is 0 Å². The molecular weight excluding hydrogens is 328 g/mol. The molecule has 120 valence electrons. The summed E-state index contributed by atoms with van der Waals surface area (Å²) in [6.07, 6.45) is -26.4. The van der Waals surface area contributed by atoms with E-state index in [2.05, 4.69) is 0 Å². The van der Waals surface area contributed by atoms with Crippen LogP contribution in [0.1, 0.15) is 0 Å². The summed E-state index contributed by atoms with van der Waals surface area (Å²) >= 11 is 0. The minimum atomic E-state index is -6.59. The molecule has 0 saturated carbocycles. The molecule has 20 heavy (non-hydrogen) atoms. The maximum absolute atomic E-state index is 12.0. The highest BCUT2D eigenvalue weighted by molar-refractivity contribution is 4.99.